The van der Waals surface area contributed by atoms with Gasteiger partial charge in [-0.25, -0.2) is 0 Å². The molecule has 0 aromatic heterocycles. The summed E-state index contributed by atoms with van der Waals surface area (Å²) in [5.41, 5.74) is 7.34. The van der Waals surface area contributed by atoms with Gasteiger partial charge in [0.05, 0.1) is 75.3 Å². The van der Waals surface area contributed by atoms with Crippen molar-refractivity contribution in [2.45, 2.75) is 37.8 Å². The smallest absolute Gasteiger partial charge is 0.204 e. The average molecular weight is 653 g/mol. The van der Waals surface area contributed by atoms with E-state index in [4.69, 9.17) is 28.4 Å². The van der Waals surface area contributed by atoms with Crippen molar-refractivity contribution in [2.24, 2.45) is 0 Å². The van der Waals surface area contributed by atoms with Crippen LogP contribution in [0, 0.1) is 0 Å². The third-order valence-electron chi connectivity index (χ3n) is 10.9. The van der Waals surface area contributed by atoms with E-state index in [1.165, 1.54) is 22.3 Å². The molecule has 0 unspecified atom stereocenters. The van der Waals surface area contributed by atoms with Crippen molar-refractivity contribution in [3.8, 4) is 46.0 Å². The third kappa shape index (κ3) is 5.61. The summed E-state index contributed by atoms with van der Waals surface area (Å²) in [6.45, 7) is 2.01. The number of rotatable bonds is 4. The molecule has 0 N–H and O–H groups in total. The van der Waals surface area contributed by atoms with Gasteiger partial charge in [0.1, 0.15) is 17.8 Å². The highest BCUT2D eigenvalue weighted by Gasteiger charge is 2.41. The van der Waals surface area contributed by atoms with Gasteiger partial charge < -0.3 is 37.4 Å². The van der Waals surface area contributed by atoms with Crippen molar-refractivity contribution in [3.63, 3.8) is 0 Å². The maximum absolute atomic E-state index is 6.86. The highest BCUT2D eigenvalue weighted by molar-refractivity contribution is 5.62. The monoisotopic (exact) mass is 652 g/mol. The average Bonchev–Trinajstić information content (AvgIpc) is 3.07. The molecule has 0 radical (unpaired) electrons. The number of hydrogen-bond acceptors (Lipinski definition) is 6. The van der Waals surface area contributed by atoms with E-state index in [0.717, 1.165) is 76.1 Å². The molecule has 0 saturated carbocycles. The Kier molecular flexibility index (Phi) is 8.20. The van der Waals surface area contributed by atoms with E-state index in [1.54, 1.807) is 28.4 Å². The number of methoxy groups -OCH3 is 4. The molecule has 4 aliphatic heterocycles. The first kappa shape index (κ1) is 32.2. The van der Waals surface area contributed by atoms with E-state index < -0.39 is 0 Å². The maximum atomic E-state index is 6.86. The van der Waals surface area contributed by atoms with Gasteiger partial charge in [0, 0.05) is 31.2 Å². The molecule has 4 aromatic carbocycles. The van der Waals surface area contributed by atoms with Crippen molar-refractivity contribution >= 4 is 0 Å². The summed E-state index contributed by atoms with van der Waals surface area (Å²) >= 11 is 0. The Bertz CT molecular complexity index is 1850. The maximum Gasteiger partial charge on any atom is 0.204 e. The second kappa shape index (κ2) is 12.2. The van der Waals surface area contributed by atoms with E-state index in [2.05, 4.69) is 82.8 Å². The van der Waals surface area contributed by atoms with Gasteiger partial charge in [0.2, 0.25) is 5.75 Å². The summed E-state index contributed by atoms with van der Waals surface area (Å²) in [7, 11) is 16.0. The molecule has 48 heavy (non-hydrogen) atoms. The Labute approximate surface area is 284 Å². The van der Waals surface area contributed by atoms with Crippen LogP contribution in [0.5, 0.6) is 46.0 Å². The highest BCUT2D eigenvalue weighted by atomic mass is 16.5. The Morgan fingerprint density at radius 1 is 0.583 bits per heavy atom. The SMILES string of the molecule is COc1ccc2cc1Oc1cc3c(cc1OC)CC[N+](C)(C)[C@@H]3Cc1ccc(cc1)Oc1c(OC)c(OC)cc3c1[C@@H](C2)[N+](C)(C)CC3. The second-order valence-corrected chi connectivity index (χ2v) is 14.5. The van der Waals surface area contributed by atoms with Gasteiger partial charge in [0.25, 0.3) is 0 Å². The molecule has 252 valence electrons. The Morgan fingerprint density at radius 3 is 1.88 bits per heavy atom. The van der Waals surface area contributed by atoms with Crippen LogP contribution in [-0.4, -0.2) is 78.7 Å². The molecule has 2 atom stereocenters. The van der Waals surface area contributed by atoms with Crippen molar-refractivity contribution < 1.29 is 37.4 Å². The summed E-state index contributed by atoms with van der Waals surface area (Å²) in [6.07, 6.45) is 3.50. The van der Waals surface area contributed by atoms with Crippen LogP contribution in [0.2, 0.25) is 0 Å². The molecular weight excluding hydrogens is 604 g/mol. The van der Waals surface area contributed by atoms with E-state index in [1.807, 2.05) is 6.07 Å². The van der Waals surface area contributed by atoms with E-state index in [-0.39, 0.29) is 12.1 Å². The van der Waals surface area contributed by atoms with Gasteiger partial charge in [-0.1, -0.05) is 18.2 Å². The normalized spacial score (nSPS) is 20.2. The molecule has 8 heteroatoms. The zero-order valence-electron chi connectivity index (χ0n) is 29.5. The topological polar surface area (TPSA) is 55.4 Å². The zero-order chi connectivity index (χ0) is 33.8. The van der Waals surface area contributed by atoms with Gasteiger partial charge in [-0.2, -0.15) is 0 Å². The molecule has 8 rings (SSSR count). The number of likely N-dealkylation sites (N-methyl/N-ethyl adjacent to an activating group) is 2. The summed E-state index contributed by atoms with van der Waals surface area (Å²) in [4.78, 5) is 0. The van der Waals surface area contributed by atoms with Crippen LogP contribution in [0.4, 0.5) is 0 Å². The third-order valence-corrected chi connectivity index (χ3v) is 10.9. The van der Waals surface area contributed by atoms with Crippen molar-refractivity contribution in [1.29, 1.82) is 0 Å². The Hall–Kier alpha value is -4.40. The van der Waals surface area contributed by atoms with E-state index in [0.29, 0.717) is 28.7 Å². The fraction of sp³-hybridized carbons (Fsp3) is 0.400. The highest BCUT2D eigenvalue weighted by Crippen LogP contribution is 2.52. The number of quaternary nitrogens is 2. The predicted molar refractivity (Wildman–Crippen MR) is 186 cm³/mol. The molecule has 4 aliphatic rings. The van der Waals surface area contributed by atoms with Crippen LogP contribution in [-0.2, 0) is 25.7 Å². The number of hydrogen-bond donors (Lipinski definition) is 0. The summed E-state index contributed by atoms with van der Waals surface area (Å²) in [6, 6.07) is 21.6. The lowest BCUT2D eigenvalue weighted by Gasteiger charge is -2.43. The molecule has 0 amide bonds. The minimum absolute atomic E-state index is 0.0713. The fourth-order valence-corrected chi connectivity index (χ4v) is 7.95. The Morgan fingerprint density at radius 2 is 1.19 bits per heavy atom. The lowest BCUT2D eigenvalue weighted by molar-refractivity contribution is -0.923. The zero-order valence-corrected chi connectivity index (χ0v) is 29.5. The van der Waals surface area contributed by atoms with Gasteiger partial charge in [0.15, 0.2) is 34.5 Å². The number of nitrogens with zero attached hydrogens (tertiary/aromatic N) is 2. The fourth-order valence-electron chi connectivity index (χ4n) is 7.95. The summed E-state index contributed by atoms with van der Waals surface area (Å²) in [5.74, 6) is 5.54. The first-order valence-corrected chi connectivity index (χ1v) is 16.8. The number of fused-ring (bicyclic) bond motifs is 2. The van der Waals surface area contributed by atoms with Crippen LogP contribution in [0.1, 0.15) is 45.5 Å². The minimum atomic E-state index is 0.0713. The predicted octanol–water partition coefficient (Wildman–Crippen LogP) is 7.45. The molecule has 8 nitrogen and oxygen atoms in total. The lowest BCUT2D eigenvalue weighted by atomic mass is 9.85. The standard InChI is InChI=1S/C40H48N2O6/c1-41(2)17-15-27-22-34(44-6)36-24-30(27)31(41)19-25-9-12-29(13-10-25)47-40-38-28(23-37(45-7)39(40)46-8)16-18-42(3,4)32(38)20-26-11-14-33(43-5)35(21-26)48-36/h9-14,21-24,31-32H,15-20H2,1-8H3/q+2/t31-,32-/m1/s1. The lowest BCUT2D eigenvalue weighted by Crippen LogP contribution is -2.48. The summed E-state index contributed by atoms with van der Waals surface area (Å²) in [5, 5.41) is 0. The van der Waals surface area contributed by atoms with Crippen LogP contribution in [0.3, 0.4) is 0 Å². The van der Waals surface area contributed by atoms with Crippen LogP contribution >= 0.6 is 0 Å². The molecule has 0 fully saturated rings. The molecule has 6 bridgehead atoms. The molecular formula is C40H48N2O6+2. The Balaban J connectivity index is 1.46. The van der Waals surface area contributed by atoms with Gasteiger partial charge >= 0.3 is 0 Å². The minimum Gasteiger partial charge on any atom is -0.493 e. The largest absolute Gasteiger partial charge is 0.493 e. The molecule has 0 spiro atoms. The number of benzene rings is 4. The molecule has 4 heterocycles. The first-order valence-electron chi connectivity index (χ1n) is 16.8. The van der Waals surface area contributed by atoms with Gasteiger partial charge in [-0.3, -0.25) is 0 Å². The van der Waals surface area contributed by atoms with E-state index >= 15 is 0 Å². The quantitative estimate of drug-likeness (QED) is 0.214. The van der Waals surface area contributed by atoms with Crippen molar-refractivity contribution in [3.05, 3.63) is 94.0 Å². The molecule has 0 saturated heterocycles. The van der Waals surface area contributed by atoms with Crippen LogP contribution in [0.25, 0.3) is 0 Å². The van der Waals surface area contributed by atoms with Gasteiger partial charge in [-0.15, -0.1) is 0 Å². The second-order valence-electron chi connectivity index (χ2n) is 14.5. The van der Waals surface area contributed by atoms with Crippen LogP contribution < -0.4 is 28.4 Å². The molecule has 0 aliphatic carbocycles. The van der Waals surface area contributed by atoms with Gasteiger partial charge in [-0.05, 0) is 64.7 Å². The van der Waals surface area contributed by atoms with Crippen LogP contribution in [0.15, 0.2) is 60.7 Å². The number of ether oxygens (including phenoxy) is 6. The summed E-state index contributed by atoms with van der Waals surface area (Å²) < 4.78 is 39.0. The van der Waals surface area contributed by atoms with Crippen molar-refractivity contribution in [2.75, 3.05) is 69.7 Å². The first-order chi connectivity index (χ1) is 23.0. The molecule has 4 aromatic rings. The van der Waals surface area contributed by atoms with Crippen molar-refractivity contribution in [1.82, 2.24) is 0 Å². The van der Waals surface area contributed by atoms with E-state index in [9.17, 15) is 0 Å².